The molecule has 0 saturated heterocycles. The molecule has 19 heavy (non-hydrogen) atoms. The number of hydrogen-bond donors (Lipinski definition) is 1. The summed E-state index contributed by atoms with van der Waals surface area (Å²) >= 11 is 1.30. The SMILES string of the molecule is C#CCNC(=O)CSc1nnc2nc(C)cc(C)n12. The minimum absolute atomic E-state index is 0.127. The number of nitrogens with zero attached hydrogens (tertiary/aromatic N) is 4. The van der Waals surface area contributed by atoms with Crippen LogP contribution in [0.3, 0.4) is 0 Å². The number of aryl methyl sites for hydroxylation is 2. The molecule has 0 aliphatic heterocycles. The van der Waals surface area contributed by atoms with E-state index in [1.807, 2.05) is 24.3 Å². The monoisotopic (exact) mass is 275 g/mol. The van der Waals surface area contributed by atoms with E-state index >= 15 is 0 Å². The van der Waals surface area contributed by atoms with Crippen LogP contribution in [-0.2, 0) is 4.79 Å². The Balaban J connectivity index is 2.14. The summed E-state index contributed by atoms with van der Waals surface area (Å²) in [7, 11) is 0. The number of terminal acetylenes is 1. The molecule has 1 N–H and O–H groups in total. The topological polar surface area (TPSA) is 72.2 Å². The van der Waals surface area contributed by atoms with E-state index in [4.69, 9.17) is 6.42 Å². The van der Waals surface area contributed by atoms with Gasteiger partial charge in [-0.05, 0) is 19.9 Å². The highest BCUT2D eigenvalue weighted by Gasteiger charge is 2.11. The van der Waals surface area contributed by atoms with Crippen molar-refractivity contribution >= 4 is 23.4 Å². The van der Waals surface area contributed by atoms with E-state index in [0.29, 0.717) is 10.9 Å². The molecule has 0 aromatic carbocycles. The zero-order valence-corrected chi connectivity index (χ0v) is 11.5. The summed E-state index contributed by atoms with van der Waals surface area (Å²) in [6.45, 7) is 4.09. The van der Waals surface area contributed by atoms with Crippen LogP contribution in [0.15, 0.2) is 11.2 Å². The maximum Gasteiger partial charge on any atom is 0.256 e. The Labute approximate surface area is 115 Å². The molecule has 7 heteroatoms. The first-order valence-electron chi connectivity index (χ1n) is 5.64. The number of aromatic nitrogens is 4. The van der Waals surface area contributed by atoms with Crippen LogP contribution >= 0.6 is 11.8 Å². The van der Waals surface area contributed by atoms with Crippen LogP contribution in [0.2, 0.25) is 0 Å². The van der Waals surface area contributed by atoms with E-state index in [2.05, 4.69) is 26.4 Å². The summed E-state index contributed by atoms with van der Waals surface area (Å²) in [5.74, 6) is 3.02. The quantitative estimate of drug-likeness (QED) is 0.653. The molecule has 0 spiro atoms. The maximum absolute atomic E-state index is 11.5. The van der Waals surface area contributed by atoms with Crippen molar-refractivity contribution in [2.75, 3.05) is 12.3 Å². The van der Waals surface area contributed by atoms with E-state index in [-0.39, 0.29) is 18.2 Å². The second-order valence-corrected chi connectivity index (χ2v) is 4.87. The van der Waals surface area contributed by atoms with Crippen LogP contribution in [-0.4, -0.2) is 37.8 Å². The molecule has 0 aliphatic carbocycles. The van der Waals surface area contributed by atoms with E-state index in [9.17, 15) is 4.79 Å². The van der Waals surface area contributed by atoms with Gasteiger partial charge in [0.05, 0.1) is 12.3 Å². The van der Waals surface area contributed by atoms with Gasteiger partial charge in [-0.3, -0.25) is 9.20 Å². The van der Waals surface area contributed by atoms with Crippen molar-refractivity contribution in [3.8, 4) is 12.3 Å². The lowest BCUT2D eigenvalue weighted by atomic mass is 10.3. The zero-order valence-electron chi connectivity index (χ0n) is 10.7. The molecule has 0 aliphatic rings. The number of carbonyl (C=O) groups is 1. The molecule has 0 radical (unpaired) electrons. The smallest absolute Gasteiger partial charge is 0.256 e. The molecule has 98 valence electrons. The largest absolute Gasteiger partial charge is 0.344 e. The highest BCUT2D eigenvalue weighted by molar-refractivity contribution is 7.99. The van der Waals surface area contributed by atoms with Crippen molar-refractivity contribution in [2.45, 2.75) is 19.0 Å². The Bertz CT molecular complexity index is 658. The molecular formula is C12H13N5OS. The Morgan fingerprint density at radius 1 is 1.53 bits per heavy atom. The number of fused-ring (bicyclic) bond motifs is 1. The molecular weight excluding hydrogens is 262 g/mol. The predicted octanol–water partition coefficient (Wildman–Crippen LogP) is 0.583. The molecule has 2 rings (SSSR count). The number of carbonyl (C=O) groups excluding carboxylic acids is 1. The first-order chi connectivity index (χ1) is 9.11. The Hall–Kier alpha value is -2.07. The van der Waals surface area contributed by atoms with Gasteiger partial charge >= 0.3 is 0 Å². The molecule has 2 aromatic heterocycles. The van der Waals surface area contributed by atoms with Gasteiger partial charge in [-0.15, -0.1) is 16.6 Å². The number of thioether (sulfide) groups is 1. The molecule has 6 nitrogen and oxygen atoms in total. The summed E-state index contributed by atoms with van der Waals surface area (Å²) in [6, 6.07) is 1.94. The fourth-order valence-electron chi connectivity index (χ4n) is 1.62. The standard InChI is InChI=1S/C12H13N5OS/c1-4-5-13-10(18)7-19-12-16-15-11-14-8(2)6-9(3)17(11)12/h1,6H,5,7H2,2-3H3,(H,13,18). The van der Waals surface area contributed by atoms with Crippen LogP contribution in [0.5, 0.6) is 0 Å². The second-order valence-electron chi connectivity index (χ2n) is 3.93. The van der Waals surface area contributed by atoms with E-state index < -0.39 is 0 Å². The average Bonchev–Trinajstić information content (AvgIpc) is 2.77. The van der Waals surface area contributed by atoms with Gasteiger partial charge in [-0.2, -0.15) is 0 Å². The lowest BCUT2D eigenvalue weighted by molar-refractivity contribution is -0.118. The first kappa shape index (κ1) is 13.4. The van der Waals surface area contributed by atoms with Gasteiger partial charge in [-0.25, -0.2) is 4.98 Å². The van der Waals surface area contributed by atoms with Crippen LogP contribution in [0.4, 0.5) is 0 Å². The first-order valence-corrected chi connectivity index (χ1v) is 6.62. The van der Waals surface area contributed by atoms with Crippen LogP contribution < -0.4 is 5.32 Å². The molecule has 0 unspecified atom stereocenters. The van der Waals surface area contributed by atoms with Crippen molar-refractivity contribution in [3.63, 3.8) is 0 Å². The number of nitrogens with one attached hydrogen (secondary N) is 1. The molecule has 0 bridgehead atoms. The van der Waals surface area contributed by atoms with Crippen molar-refractivity contribution in [1.29, 1.82) is 0 Å². The predicted molar refractivity (Wildman–Crippen MR) is 72.8 cm³/mol. The van der Waals surface area contributed by atoms with Crippen molar-refractivity contribution < 1.29 is 4.79 Å². The third kappa shape index (κ3) is 3.03. The van der Waals surface area contributed by atoms with Gasteiger partial charge < -0.3 is 5.32 Å². The fraction of sp³-hybridized carbons (Fsp3) is 0.333. The lowest BCUT2D eigenvalue weighted by Gasteiger charge is -2.04. The fourth-order valence-corrected chi connectivity index (χ4v) is 2.44. The van der Waals surface area contributed by atoms with Crippen LogP contribution in [0.1, 0.15) is 11.4 Å². The van der Waals surface area contributed by atoms with Gasteiger partial charge in [0, 0.05) is 11.4 Å². The van der Waals surface area contributed by atoms with Crippen LogP contribution in [0.25, 0.3) is 5.78 Å². The van der Waals surface area contributed by atoms with E-state index in [1.54, 1.807) is 0 Å². The van der Waals surface area contributed by atoms with E-state index in [0.717, 1.165) is 11.4 Å². The number of amides is 1. The Morgan fingerprint density at radius 3 is 3.05 bits per heavy atom. The third-order valence-corrected chi connectivity index (χ3v) is 3.31. The van der Waals surface area contributed by atoms with E-state index in [1.165, 1.54) is 11.8 Å². The minimum atomic E-state index is -0.127. The minimum Gasteiger partial charge on any atom is -0.344 e. The Morgan fingerprint density at radius 2 is 2.32 bits per heavy atom. The molecule has 2 aromatic rings. The van der Waals surface area contributed by atoms with Gasteiger partial charge in [0.15, 0.2) is 5.16 Å². The normalized spacial score (nSPS) is 10.4. The van der Waals surface area contributed by atoms with Crippen molar-refractivity contribution in [2.24, 2.45) is 0 Å². The third-order valence-electron chi connectivity index (χ3n) is 2.38. The summed E-state index contributed by atoms with van der Waals surface area (Å²) in [6.07, 6.45) is 5.07. The number of hydrogen-bond acceptors (Lipinski definition) is 5. The average molecular weight is 275 g/mol. The zero-order chi connectivity index (χ0) is 13.8. The van der Waals surface area contributed by atoms with Crippen LogP contribution in [0, 0.1) is 26.2 Å². The molecule has 0 atom stereocenters. The lowest BCUT2D eigenvalue weighted by Crippen LogP contribution is -2.25. The molecule has 2 heterocycles. The second kappa shape index (κ2) is 5.71. The van der Waals surface area contributed by atoms with Gasteiger partial charge in [-0.1, -0.05) is 17.7 Å². The van der Waals surface area contributed by atoms with Gasteiger partial charge in [0.1, 0.15) is 0 Å². The van der Waals surface area contributed by atoms with Gasteiger partial charge in [0.2, 0.25) is 5.91 Å². The van der Waals surface area contributed by atoms with Crippen molar-refractivity contribution in [3.05, 3.63) is 17.5 Å². The summed E-state index contributed by atoms with van der Waals surface area (Å²) < 4.78 is 1.83. The molecule has 0 saturated carbocycles. The molecule has 0 fully saturated rings. The van der Waals surface area contributed by atoms with Crippen molar-refractivity contribution in [1.82, 2.24) is 24.9 Å². The maximum atomic E-state index is 11.5. The number of rotatable bonds is 4. The molecule has 1 amide bonds. The highest BCUT2D eigenvalue weighted by atomic mass is 32.2. The summed E-state index contributed by atoms with van der Waals surface area (Å²) in [5.41, 5.74) is 1.87. The Kier molecular flexibility index (Phi) is 4.02. The summed E-state index contributed by atoms with van der Waals surface area (Å²) in [4.78, 5) is 15.8. The summed E-state index contributed by atoms with van der Waals surface area (Å²) in [5, 5.41) is 11.3. The van der Waals surface area contributed by atoms with Gasteiger partial charge in [0.25, 0.3) is 5.78 Å². The highest BCUT2D eigenvalue weighted by Crippen LogP contribution is 2.18.